The first-order chi connectivity index (χ1) is 7.72. The van der Waals surface area contributed by atoms with Crippen LogP contribution in [-0.2, 0) is 4.79 Å². The van der Waals surface area contributed by atoms with Gasteiger partial charge in [0, 0.05) is 12.1 Å². The second-order valence-corrected chi connectivity index (χ2v) is 4.27. The fraction of sp³-hybridized carbons (Fsp3) is 0.462. The number of benzene rings is 1. The lowest BCUT2D eigenvalue weighted by Gasteiger charge is -2.33. The number of likely N-dealkylation sites (tertiary alicyclic amines) is 1. The van der Waals surface area contributed by atoms with Crippen molar-refractivity contribution in [3.8, 4) is 0 Å². The van der Waals surface area contributed by atoms with Crippen molar-refractivity contribution in [2.24, 2.45) is 0 Å². The van der Waals surface area contributed by atoms with Gasteiger partial charge in [0.2, 0.25) is 0 Å². The molecule has 3 heteroatoms. The van der Waals surface area contributed by atoms with Crippen LogP contribution in [0.1, 0.15) is 31.4 Å². The minimum absolute atomic E-state index is 0.0813. The molecule has 1 heterocycles. The van der Waals surface area contributed by atoms with Crippen LogP contribution >= 0.6 is 0 Å². The van der Waals surface area contributed by atoms with Crippen molar-refractivity contribution in [1.29, 1.82) is 0 Å². The molecule has 1 saturated heterocycles. The van der Waals surface area contributed by atoms with Crippen LogP contribution in [0.2, 0.25) is 0 Å². The Balaban J connectivity index is 2.31. The Hall–Kier alpha value is -1.35. The van der Waals surface area contributed by atoms with E-state index in [0.717, 1.165) is 30.8 Å². The number of anilines is 1. The number of nitrogens with zero attached hydrogens (tertiary/aromatic N) is 1. The molecule has 0 aliphatic carbocycles. The van der Waals surface area contributed by atoms with Gasteiger partial charge in [0.25, 0.3) is 0 Å². The number of Topliss-reactive ketones (excluding diaryl/α,β-unsaturated/α-hetero) is 1. The van der Waals surface area contributed by atoms with Crippen LogP contribution in [0.5, 0.6) is 0 Å². The van der Waals surface area contributed by atoms with Gasteiger partial charge in [-0.05, 0) is 37.2 Å². The van der Waals surface area contributed by atoms with E-state index in [-0.39, 0.29) is 6.04 Å². The van der Waals surface area contributed by atoms with Crippen LogP contribution in [-0.4, -0.2) is 23.8 Å². The first kappa shape index (κ1) is 11.1. The number of ketones is 1. The molecule has 0 amide bonds. The molecular formula is C13H18N2O. The average molecular weight is 218 g/mol. The molecule has 3 nitrogen and oxygen atoms in total. The Labute approximate surface area is 96.2 Å². The van der Waals surface area contributed by atoms with Gasteiger partial charge in [0.1, 0.15) is 0 Å². The zero-order chi connectivity index (χ0) is 11.5. The van der Waals surface area contributed by atoms with E-state index in [1.807, 2.05) is 24.3 Å². The SMILES string of the molecule is CCN1CCCC(=O)C1c1cccc(N)c1. The minimum Gasteiger partial charge on any atom is -0.399 e. The Morgan fingerprint density at radius 3 is 3.00 bits per heavy atom. The van der Waals surface area contributed by atoms with Gasteiger partial charge < -0.3 is 5.73 Å². The highest BCUT2D eigenvalue weighted by atomic mass is 16.1. The molecule has 0 bridgehead atoms. The van der Waals surface area contributed by atoms with Crippen LogP contribution in [0.4, 0.5) is 5.69 Å². The third kappa shape index (κ3) is 2.09. The molecule has 0 spiro atoms. The Kier molecular flexibility index (Phi) is 3.25. The predicted molar refractivity (Wildman–Crippen MR) is 65.1 cm³/mol. The highest BCUT2D eigenvalue weighted by Crippen LogP contribution is 2.28. The molecule has 1 aliphatic heterocycles. The predicted octanol–water partition coefficient (Wildman–Crippen LogP) is 1.99. The molecule has 16 heavy (non-hydrogen) atoms. The molecule has 1 unspecified atom stereocenters. The second kappa shape index (κ2) is 4.66. The van der Waals surface area contributed by atoms with E-state index in [4.69, 9.17) is 5.73 Å². The molecule has 0 radical (unpaired) electrons. The summed E-state index contributed by atoms with van der Waals surface area (Å²) < 4.78 is 0. The van der Waals surface area contributed by atoms with Crippen molar-refractivity contribution >= 4 is 11.5 Å². The van der Waals surface area contributed by atoms with Crippen molar-refractivity contribution in [1.82, 2.24) is 4.90 Å². The highest BCUT2D eigenvalue weighted by Gasteiger charge is 2.29. The zero-order valence-corrected chi connectivity index (χ0v) is 9.65. The number of hydrogen-bond donors (Lipinski definition) is 1. The molecule has 0 saturated carbocycles. The summed E-state index contributed by atoms with van der Waals surface area (Å²) in [7, 11) is 0. The van der Waals surface area contributed by atoms with E-state index in [9.17, 15) is 4.79 Å². The number of nitrogens with two attached hydrogens (primary N) is 1. The molecule has 2 rings (SSSR count). The molecule has 1 aliphatic rings. The van der Waals surface area contributed by atoms with Gasteiger partial charge in [0.15, 0.2) is 5.78 Å². The van der Waals surface area contributed by atoms with Gasteiger partial charge in [-0.15, -0.1) is 0 Å². The Bertz CT molecular complexity index is 389. The van der Waals surface area contributed by atoms with E-state index in [2.05, 4.69) is 11.8 Å². The molecule has 1 aromatic rings. The largest absolute Gasteiger partial charge is 0.399 e. The smallest absolute Gasteiger partial charge is 0.154 e. The van der Waals surface area contributed by atoms with Gasteiger partial charge in [-0.2, -0.15) is 0 Å². The Morgan fingerprint density at radius 1 is 1.50 bits per heavy atom. The van der Waals surface area contributed by atoms with Gasteiger partial charge >= 0.3 is 0 Å². The molecule has 1 aromatic carbocycles. The summed E-state index contributed by atoms with van der Waals surface area (Å²) in [6.45, 7) is 4.00. The van der Waals surface area contributed by atoms with Gasteiger partial charge in [0.05, 0.1) is 6.04 Å². The summed E-state index contributed by atoms with van der Waals surface area (Å²) >= 11 is 0. The summed E-state index contributed by atoms with van der Waals surface area (Å²) in [6, 6.07) is 7.60. The number of carbonyl (C=O) groups excluding carboxylic acids is 1. The first-order valence-electron chi connectivity index (χ1n) is 5.84. The topological polar surface area (TPSA) is 46.3 Å². The molecular weight excluding hydrogens is 200 g/mol. The number of rotatable bonds is 2. The van der Waals surface area contributed by atoms with E-state index in [1.165, 1.54) is 0 Å². The lowest BCUT2D eigenvalue weighted by Crippen LogP contribution is -2.39. The van der Waals surface area contributed by atoms with Crippen molar-refractivity contribution in [2.75, 3.05) is 18.8 Å². The maximum atomic E-state index is 12.0. The summed E-state index contributed by atoms with van der Waals surface area (Å²) in [5, 5.41) is 0. The Morgan fingerprint density at radius 2 is 2.31 bits per heavy atom. The van der Waals surface area contributed by atoms with E-state index in [0.29, 0.717) is 12.2 Å². The van der Waals surface area contributed by atoms with Crippen LogP contribution in [0, 0.1) is 0 Å². The third-order valence-corrected chi connectivity index (χ3v) is 3.17. The summed E-state index contributed by atoms with van der Waals surface area (Å²) in [6.07, 6.45) is 1.67. The minimum atomic E-state index is -0.0813. The standard InChI is InChI=1S/C13H18N2O/c1-2-15-8-4-7-12(16)13(15)10-5-3-6-11(14)9-10/h3,5-6,9,13H,2,4,7-8,14H2,1H3. The monoisotopic (exact) mass is 218 g/mol. The number of piperidine rings is 1. The first-order valence-corrected chi connectivity index (χ1v) is 5.84. The average Bonchev–Trinajstić information content (AvgIpc) is 2.28. The van der Waals surface area contributed by atoms with Crippen LogP contribution in [0.15, 0.2) is 24.3 Å². The van der Waals surface area contributed by atoms with Gasteiger partial charge in [-0.25, -0.2) is 0 Å². The second-order valence-electron chi connectivity index (χ2n) is 4.27. The van der Waals surface area contributed by atoms with Crippen LogP contribution < -0.4 is 5.73 Å². The van der Waals surface area contributed by atoms with E-state index < -0.39 is 0 Å². The van der Waals surface area contributed by atoms with Crippen molar-refractivity contribution in [2.45, 2.75) is 25.8 Å². The van der Waals surface area contributed by atoms with Crippen molar-refractivity contribution in [3.63, 3.8) is 0 Å². The number of likely N-dealkylation sites (N-methyl/N-ethyl adjacent to an activating group) is 1. The molecule has 1 fully saturated rings. The number of nitrogen functional groups attached to an aromatic ring is 1. The lowest BCUT2D eigenvalue weighted by atomic mass is 9.94. The van der Waals surface area contributed by atoms with Crippen molar-refractivity contribution < 1.29 is 4.79 Å². The van der Waals surface area contributed by atoms with Crippen LogP contribution in [0.25, 0.3) is 0 Å². The molecule has 0 aromatic heterocycles. The fourth-order valence-electron chi connectivity index (χ4n) is 2.39. The van der Waals surface area contributed by atoms with Gasteiger partial charge in [-0.1, -0.05) is 19.1 Å². The van der Waals surface area contributed by atoms with E-state index >= 15 is 0 Å². The van der Waals surface area contributed by atoms with Crippen LogP contribution in [0.3, 0.4) is 0 Å². The summed E-state index contributed by atoms with van der Waals surface area (Å²) in [5.74, 6) is 0.318. The molecule has 86 valence electrons. The summed E-state index contributed by atoms with van der Waals surface area (Å²) in [4.78, 5) is 14.2. The normalized spacial score (nSPS) is 22.3. The van der Waals surface area contributed by atoms with E-state index in [1.54, 1.807) is 0 Å². The quantitative estimate of drug-likeness (QED) is 0.772. The zero-order valence-electron chi connectivity index (χ0n) is 9.65. The fourth-order valence-corrected chi connectivity index (χ4v) is 2.39. The highest BCUT2D eigenvalue weighted by molar-refractivity contribution is 5.86. The maximum absolute atomic E-state index is 12.0. The third-order valence-electron chi connectivity index (χ3n) is 3.17. The maximum Gasteiger partial charge on any atom is 0.154 e. The van der Waals surface area contributed by atoms with Gasteiger partial charge in [-0.3, -0.25) is 9.69 Å². The molecule has 1 atom stereocenters. The lowest BCUT2D eigenvalue weighted by molar-refractivity contribution is -0.127. The van der Waals surface area contributed by atoms with Crippen molar-refractivity contribution in [3.05, 3.63) is 29.8 Å². The molecule has 2 N–H and O–H groups in total. The number of hydrogen-bond acceptors (Lipinski definition) is 3. The number of carbonyl (C=O) groups is 1. The summed E-state index contributed by atoms with van der Waals surface area (Å²) in [5.41, 5.74) is 7.53.